The second-order valence-electron chi connectivity index (χ2n) is 6.40. The molecule has 0 saturated carbocycles. The fourth-order valence-corrected chi connectivity index (χ4v) is 2.20. The predicted octanol–water partition coefficient (Wildman–Crippen LogP) is 3.13. The summed E-state index contributed by atoms with van der Waals surface area (Å²) in [7, 11) is 0. The van der Waals surface area contributed by atoms with Crippen molar-refractivity contribution >= 4 is 0 Å². The molecule has 0 aliphatic heterocycles. The molecule has 0 radical (unpaired) electrons. The number of halogens is 16. The summed E-state index contributed by atoms with van der Waals surface area (Å²) in [5.74, 6) is -43.6. The van der Waals surface area contributed by atoms with Crippen molar-refractivity contribution in [3.05, 3.63) is 30.6 Å². The van der Waals surface area contributed by atoms with Crippen molar-refractivity contribution in [1.29, 1.82) is 0 Å². The summed E-state index contributed by atoms with van der Waals surface area (Å²) in [5.41, 5.74) is 0. The van der Waals surface area contributed by atoms with E-state index in [-0.39, 0.29) is 24.0 Å². The van der Waals surface area contributed by atoms with Crippen LogP contribution in [0.2, 0.25) is 0 Å². The van der Waals surface area contributed by atoms with E-state index in [1.807, 2.05) is 0 Å². The van der Waals surface area contributed by atoms with E-state index in [1.54, 1.807) is 0 Å². The molecule has 188 valence electrons. The minimum atomic E-state index is -8.11. The molecule has 0 aliphatic carbocycles. The summed E-state index contributed by atoms with van der Waals surface area (Å²) in [6.45, 7) is -0.853. The summed E-state index contributed by atoms with van der Waals surface area (Å²) < 4.78 is 196. The van der Waals surface area contributed by atoms with Gasteiger partial charge in [0.2, 0.25) is 0 Å². The maximum absolute atomic E-state index is 13.7. The zero-order chi connectivity index (χ0) is 24.7. The van der Waals surface area contributed by atoms with E-state index in [1.165, 1.54) is 18.2 Å². The molecule has 0 fully saturated rings. The van der Waals surface area contributed by atoms with E-state index < -0.39 is 61.1 Å². The van der Waals surface area contributed by atoms with Gasteiger partial charge in [-0.15, -0.1) is 0 Å². The number of hydrogen-bond acceptors (Lipinski definition) is 0. The van der Waals surface area contributed by atoms with Gasteiger partial charge in [0.1, 0.15) is 0 Å². The molecular formula is C15H11F15IN. The molecule has 1 aromatic heterocycles. The van der Waals surface area contributed by atoms with Crippen molar-refractivity contribution in [3.8, 4) is 0 Å². The van der Waals surface area contributed by atoms with E-state index in [0.29, 0.717) is 0 Å². The molecule has 0 spiro atoms. The second kappa shape index (κ2) is 9.23. The van der Waals surface area contributed by atoms with Gasteiger partial charge in [0.25, 0.3) is 5.92 Å². The first-order chi connectivity index (χ1) is 13.5. The van der Waals surface area contributed by atoms with Gasteiger partial charge < -0.3 is 24.0 Å². The number of aryl methyl sites for hydroxylation is 1. The van der Waals surface area contributed by atoms with Crippen molar-refractivity contribution in [3.63, 3.8) is 0 Å². The second-order valence-corrected chi connectivity index (χ2v) is 6.40. The Kier molecular flexibility index (Phi) is 8.89. The van der Waals surface area contributed by atoms with Gasteiger partial charge in [0.15, 0.2) is 18.9 Å². The van der Waals surface area contributed by atoms with Crippen molar-refractivity contribution in [1.82, 2.24) is 0 Å². The topological polar surface area (TPSA) is 3.88 Å². The van der Waals surface area contributed by atoms with Crippen LogP contribution in [0.15, 0.2) is 30.6 Å². The Labute approximate surface area is 186 Å². The fraction of sp³-hybridized carbons (Fsp3) is 0.667. The number of aromatic nitrogens is 1. The Morgan fingerprint density at radius 1 is 0.531 bits per heavy atom. The van der Waals surface area contributed by atoms with Crippen molar-refractivity contribution < 1.29 is 94.4 Å². The first-order valence-corrected chi connectivity index (χ1v) is 7.81. The molecule has 1 heterocycles. The van der Waals surface area contributed by atoms with Gasteiger partial charge in [-0.3, -0.25) is 0 Å². The monoisotopic (exact) mass is 617 g/mol. The van der Waals surface area contributed by atoms with Crippen LogP contribution in [0.4, 0.5) is 65.9 Å². The van der Waals surface area contributed by atoms with Gasteiger partial charge >= 0.3 is 35.8 Å². The highest BCUT2D eigenvalue weighted by molar-refractivity contribution is 5.10. The van der Waals surface area contributed by atoms with E-state index >= 15 is 0 Å². The molecule has 0 aliphatic rings. The molecule has 32 heavy (non-hydrogen) atoms. The lowest BCUT2D eigenvalue weighted by molar-refractivity contribution is -0.699. The van der Waals surface area contributed by atoms with Crippen molar-refractivity contribution in [2.45, 2.75) is 61.1 Å². The molecule has 17 heteroatoms. The Balaban J connectivity index is 0.00000961. The van der Waals surface area contributed by atoms with Crippen LogP contribution in [-0.2, 0) is 6.54 Å². The lowest BCUT2D eigenvalue weighted by Crippen LogP contribution is -3.00. The third kappa shape index (κ3) is 5.48. The Morgan fingerprint density at radius 3 is 1.34 bits per heavy atom. The molecule has 0 N–H and O–H groups in total. The van der Waals surface area contributed by atoms with Crippen LogP contribution < -0.4 is 28.5 Å². The van der Waals surface area contributed by atoms with Crippen LogP contribution in [0.3, 0.4) is 0 Å². The third-order valence-corrected chi connectivity index (χ3v) is 3.99. The first-order valence-electron chi connectivity index (χ1n) is 7.81. The Morgan fingerprint density at radius 2 is 0.938 bits per heavy atom. The quantitative estimate of drug-likeness (QED) is 0.228. The maximum atomic E-state index is 13.7. The van der Waals surface area contributed by atoms with Gasteiger partial charge in [-0.2, -0.15) is 57.1 Å². The molecule has 0 unspecified atom stereocenters. The van der Waals surface area contributed by atoms with E-state index in [4.69, 9.17) is 0 Å². The molecule has 1 rings (SSSR count). The molecule has 0 amide bonds. The Bertz CT molecular complexity index is 745. The van der Waals surface area contributed by atoms with Gasteiger partial charge in [-0.1, -0.05) is 6.07 Å². The minimum Gasteiger partial charge on any atom is -1.00 e. The van der Waals surface area contributed by atoms with Gasteiger partial charge in [0, 0.05) is 12.1 Å². The highest BCUT2D eigenvalue weighted by Crippen LogP contribution is 2.61. The highest BCUT2D eigenvalue weighted by atomic mass is 127. The lowest BCUT2D eigenvalue weighted by atomic mass is 9.90. The van der Waals surface area contributed by atoms with Crippen molar-refractivity contribution in [2.75, 3.05) is 0 Å². The summed E-state index contributed by atoms with van der Waals surface area (Å²) >= 11 is 0. The average Bonchev–Trinajstić information content (AvgIpc) is 2.58. The third-order valence-electron chi connectivity index (χ3n) is 3.99. The zero-order valence-corrected chi connectivity index (χ0v) is 17.2. The minimum absolute atomic E-state index is 0. The van der Waals surface area contributed by atoms with Gasteiger partial charge in [-0.25, -0.2) is 13.3 Å². The highest BCUT2D eigenvalue weighted by Gasteiger charge is 2.90. The molecule has 0 aromatic carbocycles. The normalized spacial score (nSPS) is 14.8. The van der Waals surface area contributed by atoms with Crippen LogP contribution >= 0.6 is 0 Å². The smallest absolute Gasteiger partial charge is 0.460 e. The van der Waals surface area contributed by atoms with E-state index in [2.05, 4.69) is 0 Å². The van der Waals surface area contributed by atoms with Crippen LogP contribution in [0, 0.1) is 0 Å². The molecule has 0 saturated heterocycles. The SMILES string of the molecule is FC(F)(CC[n+]1ccccc1)CC(F)(F)C(F)(F)C(F)(F)C(F)(F)C(F)(F)C(F)(F)F.[I-]. The standard InChI is InChI=1S/C15H11F15N.HI/c16-9(17,4-7-31-5-2-1-3-6-31)8-10(18,19)11(20,21)12(22,23)13(24,25)14(26,27)15(28,29)30;/h1-3,5-6H,4,7-8H2;1H/q+1;/p-1. The molecular weight excluding hydrogens is 606 g/mol. The van der Waals surface area contributed by atoms with Crippen LogP contribution in [0.1, 0.15) is 12.8 Å². The number of hydrogen-bond donors (Lipinski definition) is 0. The largest absolute Gasteiger partial charge is 1.00 e. The number of nitrogens with zero attached hydrogens (tertiary/aromatic N) is 1. The first kappa shape index (κ1) is 30.8. The number of rotatable bonds is 9. The van der Waals surface area contributed by atoms with Gasteiger partial charge in [0.05, 0.1) is 12.8 Å². The Hall–Kier alpha value is -1.17. The molecule has 0 bridgehead atoms. The maximum Gasteiger partial charge on any atom is 0.460 e. The fourth-order valence-electron chi connectivity index (χ4n) is 2.20. The summed E-state index contributed by atoms with van der Waals surface area (Å²) in [6.07, 6.45) is -10.6. The van der Waals surface area contributed by atoms with E-state index in [9.17, 15) is 65.9 Å². The van der Waals surface area contributed by atoms with Gasteiger partial charge in [-0.05, 0) is 0 Å². The molecule has 0 atom stereocenters. The van der Waals surface area contributed by atoms with Crippen molar-refractivity contribution in [2.24, 2.45) is 0 Å². The van der Waals surface area contributed by atoms with Crippen LogP contribution in [-0.4, -0.2) is 41.7 Å². The van der Waals surface area contributed by atoms with E-state index in [0.717, 1.165) is 17.0 Å². The molecule has 1 nitrogen and oxygen atoms in total. The zero-order valence-electron chi connectivity index (χ0n) is 15.0. The lowest BCUT2D eigenvalue weighted by Gasteiger charge is -2.40. The summed E-state index contributed by atoms with van der Waals surface area (Å²) in [5, 5.41) is 0. The molecule has 1 aromatic rings. The summed E-state index contributed by atoms with van der Waals surface area (Å²) in [4.78, 5) is 0. The van der Waals surface area contributed by atoms with Crippen LogP contribution in [0.5, 0.6) is 0 Å². The average molecular weight is 617 g/mol. The predicted molar refractivity (Wildman–Crippen MR) is 71.6 cm³/mol. The van der Waals surface area contributed by atoms with Crippen LogP contribution in [0.25, 0.3) is 0 Å². The number of pyridine rings is 1. The summed E-state index contributed by atoms with van der Waals surface area (Å²) in [6, 6.07) is 3.93. The number of alkyl halides is 15.